The average Bonchev–Trinajstić information content (AvgIpc) is 3.18. The summed E-state index contributed by atoms with van der Waals surface area (Å²) in [6.45, 7) is 2.91. The molecule has 2 saturated heterocycles. The van der Waals surface area contributed by atoms with Crippen molar-refractivity contribution in [3.05, 3.63) is 47.3 Å². The SMILES string of the molecule is C=CC(=O)N1CCN2C(=O)c3c(N4CC(OC(F)F)C[C@@H]4C)nc(-c4c(O)cccc4F)c(Cl)c3OC[C@H]2C1. The van der Waals surface area contributed by atoms with Crippen molar-refractivity contribution in [2.45, 2.75) is 38.1 Å². The van der Waals surface area contributed by atoms with E-state index >= 15 is 0 Å². The number of pyridine rings is 1. The molecule has 0 saturated carbocycles. The molecule has 0 aliphatic carbocycles. The minimum atomic E-state index is -2.98. The number of benzene rings is 1. The van der Waals surface area contributed by atoms with Gasteiger partial charge >= 0.3 is 6.61 Å². The first-order valence-corrected chi connectivity index (χ1v) is 12.7. The number of anilines is 1. The average molecular weight is 567 g/mol. The number of phenolic OH excluding ortho intramolecular Hbond substituents is 1. The molecule has 4 heterocycles. The minimum absolute atomic E-state index is 0.00452. The molecule has 2 amide bonds. The molecule has 1 aromatic heterocycles. The molecule has 39 heavy (non-hydrogen) atoms. The fraction of sp³-hybridized carbons (Fsp3) is 0.423. The molecule has 13 heteroatoms. The van der Waals surface area contributed by atoms with Crippen LogP contribution >= 0.6 is 11.6 Å². The topological polar surface area (TPSA) is 95.4 Å². The Labute approximate surface area is 227 Å². The lowest BCUT2D eigenvalue weighted by Gasteiger charge is -2.39. The summed E-state index contributed by atoms with van der Waals surface area (Å²) < 4.78 is 51.8. The molecule has 208 valence electrons. The number of alkyl halides is 2. The molecule has 2 fully saturated rings. The zero-order valence-corrected chi connectivity index (χ0v) is 21.7. The van der Waals surface area contributed by atoms with Gasteiger partial charge in [0.1, 0.15) is 40.3 Å². The summed E-state index contributed by atoms with van der Waals surface area (Å²) in [4.78, 5) is 35.5. The quantitative estimate of drug-likeness (QED) is 0.552. The van der Waals surface area contributed by atoms with Crippen LogP contribution in [0.15, 0.2) is 30.9 Å². The maximum Gasteiger partial charge on any atom is 0.345 e. The van der Waals surface area contributed by atoms with Gasteiger partial charge in [-0.05, 0) is 31.6 Å². The third kappa shape index (κ3) is 4.87. The second-order valence-corrected chi connectivity index (χ2v) is 10.0. The molecule has 1 aromatic carbocycles. The third-order valence-corrected chi connectivity index (χ3v) is 7.62. The van der Waals surface area contributed by atoms with Gasteiger partial charge in [0.15, 0.2) is 5.75 Å². The summed E-state index contributed by atoms with van der Waals surface area (Å²) in [7, 11) is 0. The van der Waals surface area contributed by atoms with Gasteiger partial charge in [-0.15, -0.1) is 0 Å². The van der Waals surface area contributed by atoms with Crippen LogP contribution in [-0.4, -0.2) is 89.3 Å². The van der Waals surface area contributed by atoms with Crippen molar-refractivity contribution in [1.29, 1.82) is 0 Å². The maximum atomic E-state index is 15.0. The Bertz CT molecular complexity index is 1310. The molecule has 3 atom stereocenters. The fourth-order valence-corrected chi connectivity index (χ4v) is 5.70. The lowest BCUT2D eigenvalue weighted by atomic mass is 10.0. The summed E-state index contributed by atoms with van der Waals surface area (Å²) in [5, 5.41) is 10.3. The predicted molar refractivity (Wildman–Crippen MR) is 136 cm³/mol. The number of fused-ring (bicyclic) bond motifs is 2. The zero-order chi connectivity index (χ0) is 28.0. The number of rotatable bonds is 5. The summed E-state index contributed by atoms with van der Waals surface area (Å²) in [5.74, 6) is -2.00. The Kier molecular flexibility index (Phi) is 7.34. The monoisotopic (exact) mass is 566 g/mol. The van der Waals surface area contributed by atoms with Gasteiger partial charge in [0.2, 0.25) is 5.91 Å². The summed E-state index contributed by atoms with van der Waals surface area (Å²) in [5.41, 5.74) is -0.461. The van der Waals surface area contributed by atoms with E-state index in [1.165, 1.54) is 18.2 Å². The summed E-state index contributed by atoms with van der Waals surface area (Å²) in [6, 6.07) is 2.80. The van der Waals surface area contributed by atoms with Gasteiger partial charge in [-0.2, -0.15) is 8.78 Å². The van der Waals surface area contributed by atoms with E-state index in [1.807, 2.05) is 0 Å². The number of ether oxygens (including phenoxy) is 2. The number of amides is 2. The van der Waals surface area contributed by atoms with Gasteiger partial charge in [-0.1, -0.05) is 24.2 Å². The smallest absolute Gasteiger partial charge is 0.345 e. The number of piperazine rings is 1. The second-order valence-electron chi connectivity index (χ2n) is 9.64. The van der Waals surface area contributed by atoms with Crippen LogP contribution in [0.25, 0.3) is 11.3 Å². The first kappa shape index (κ1) is 27.1. The van der Waals surface area contributed by atoms with Gasteiger partial charge in [0.05, 0.1) is 17.7 Å². The Hall–Kier alpha value is -3.51. The first-order chi connectivity index (χ1) is 18.6. The standard InChI is InChI=1S/C26H26ClF3N4O5/c1-3-18(36)32-7-8-33-14(10-32)12-38-23-20(25(33)37)24(34-11-15(9-13(34)2)39-26(29)30)31-22(21(23)27)19-16(28)5-4-6-17(19)35/h3-6,13-15,26,35H,1,7-12H2,2H3/t13-,14+,15?/m0/s1. The van der Waals surface area contributed by atoms with E-state index in [4.69, 9.17) is 21.1 Å². The number of halogens is 4. The van der Waals surface area contributed by atoms with Crippen LogP contribution in [0.1, 0.15) is 23.7 Å². The highest BCUT2D eigenvalue weighted by molar-refractivity contribution is 6.35. The van der Waals surface area contributed by atoms with Gasteiger partial charge in [0, 0.05) is 32.2 Å². The summed E-state index contributed by atoms with van der Waals surface area (Å²) >= 11 is 6.70. The van der Waals surface area contributed by atoms with E-state index in [9.17, 15) is 27.9 Å². The maximum absolute atomic E-state index is 15.0. The molecule has 1 unspecified atom stereocenters. The molecule has 0 bridgehead atoms. The number of hydrogen-bond donors (Lipinski definition) is 1. The van der Waals surface area contributed by atoms with Crippen molar-refractivity contribution in [1.82, 2.24) is 14.8 Å². The molecule has 1 N–H and O–H groups in total. The molecule has 5 rings (SSSR count). The van der Waals surface area contributed by atoms with Gasteiger partial charge in [0.25, 0.3) is 5.91 Å². The van der Waals surface area contributed by atoms with E-state index in [0.717, 1.165) is 6.07 Å². The number of aromatic hydroxyl groups is 1. The molecule has 3 aliphatic rings. The van der Waals surface area contributed by atoms with Crippen LogP contribution in [-0.2, 0) is 9.53 Å². The van der Waals surface area contributed by atoms with Crippen molar-refractivity contribution >= 4 is 29.2 Å². The molecule has 0 spiro atoms. The van der Waals surface area contributed by atoms with Crippen molar-refractivity contribution in [3.8, 4) is 22.8 Å². The number of carbonyl (C=O) groups is 2. The van der Waals surface area contributed by atoms with E-state index in [0.29, 0.717) is 0 Å². The van der Waals surface area contributed by atoms with Crippen LogP contribution in [0, 0.1) is 5.82 Å². The summed E-state index contributed by atoms with van der Waals surface area (Å²) in [6.07, 6.45) is 0.577. The highest BCUT2D eigenvalue weighted by atomic mass is 35.5. The fourth-order valence-electron chi connectivity index (χ4n) is 5.42. The van der Waals surface area contributed by atoms with Gasteiger partial charge in [-0.3, -0.25) is 9.59 Å². The van der Waals surface area contributed by atoms with Gasteiger partial charge in [-0.25, -0.2) is 9.37 Å². The Morgan fingerprint density at radius 2 is 2.05 bits per heavy atom. The number of phenols is 1. The van der Waals surface area contributed by atoms with Gasteiger partial charge < -0.3 is 29.3 Å². The van der Waals surface area contributed by atoms with E-state index < -0.39 is 36.2 Å². The van der Waals surface area contributed by atoms with E-state index in [1.54, 1.807) is 21.6 Å². The highest BCUT2D eigenvalue weighted by Gasteiger charge is 2.43. The number of aromatic nitrogens is 1. The van der Waals surface area contributed by atoms with Crippen LogP contribution in [0.4, 0.5) is 19.0 Å². The first-order valence-electron chi connectivity index (χ1n) is 12.4. The molecule has 2 aromatic rings. The molecule has 3 aliphatic heterocycles. The van der Waals surface area contributed by atoms with Crippen LogP contribution < -0.4 is 9.64 Å². The third-order valence-electron chi connectivity index (χ3n) is 7.27. The molecular weight excluding hydrogens is 541 g/mol. The van der Waals surface area contributed by atoms with Crippen LogP contribution in [0.2, 0.25) is 5.02 Å². The Morgan fingerprint density at radius 3 is 2.74 bits per heavy atom. The van der Waals surface area contributed by atoms with Crippen LogP contribution in [0.5, 0.6) is 11.5 Å². The molecule has 9 nitrogen and oxygen atoms in total. The van der Waals surface area contributed by atoms with Crippen molar-refractivity contribution in [2.24, 2.45) is 0 Å². The zero-order valence-electron chi connectivity index (χ0n) is 20.9. The Morgan fingerprint density at radius 1 is 1.28 bits per heavy atom. The lowest BCUT2D eigenvalue weighted by Crippen LogP contribution is -2.57. The van der Waals surface area contributed by atoms with E-state index in [-0.39, 0.29) is 84.6 Å². The van der Waals surface area contributed by atoms with Crippen molar-refractivity contribution in [2.75, 3.05) is 37.7 Å². The number of nitrogens with zero attached hydrogens (tertiary/aromatic N) is 4. The lowest BCUT2D eigenvalue weighted by molar-refractivity contribution is -0.156. The number of hydrogen-bond acceptors (Lipinski definition) is 7. The second kappa shape index (κ2) is 10.6. The number of carbonyl (C=O) groups excluding carboxylic acids is 2. The normalized spacial score (nSPS) is 22.9. The Balaban J connectivity index is 1.65. The minimum Gasteiger partial charge on any atom is -0.507 e. The molecule has 0 radical (unpaired) electrons. The highest BCUT2D eigenvalue weighted by Crippen LogP contribution is 2.47. The van der Waals surface area contributed by atoms with Crippen LogP contribution in [0.3, 0.4) is 0 Å². The van der Waals surface area contributed by atoms with E-state index in [2.05, 4.69) is 11.6 Å². The predicted octanol–water partition coefficient (Wildman–Crippen LogP) is 3.68. The van der Waals surface area contributed by atoms with Crippen molar-refractivity contribution in [3.63, 3.8) is 0 Å². The van der Waals surface area contributed by atoms with Crippen molar-refractivity contribution < 1.29 is 37.3 Å². The molecular formula is C26H26ClF3N4O5. The largest absolute Gasteiger partial charge is 0.507 e.